The van der Waals surface area contributed by atoms with Crippen LogP contribution in [0.15, 0.2) is 29.4 Å². The molecule has 3 rings (SSSR count). The third-order valence-corrected chi connectivity index (χ3v) is 7.65. The van der Waals surface area contributed by atoms with Crippen LogP contribution in [0.25, 0.3) is 22.6 Å². The highest BCUT2D eigenvalue weighted by molar-refractivity contribution is 7.92. The van der Waals surface area contributed by atoms with Crippen LogP contribution >= 0.6 is 0 Å². The highest BCUT2D eigenvalue weighted by atomic mass is 32.2. The van der Waals surface area contributed by atoms with Gasteiger partial charge in [-0.2, -0.15) is 13.2 Å². The number of sulfone groups is 2. The molecule has 0 N–H and O–H groups in total. The molecule has 3 heterocycles. The van der Waals surface area contributed by atoms with Crippen LogP contribution in [0.4, 0.5) is 13.2 Å². The van der Waals surface area contributed by atoms with Crippen molar-refractivity contribution in [1.82, 2.24) is 19.5 Å². The van der Waals surface area contributed by atoms with E-state index in [1.54, 1.807) is 0 Å². The van der Waals surface area contributed by atoms with Crippen molar-refractivity contribution in [2.75, 3.05) is 19.1 Å². The van der Waals surface area contributed by atoms with Gasteiger partial charge in [0.1, 0.15) is 22.0 Å². The highest BCUT2D eigenvalue weighted by Gasteiger charge is 2.35. The second-order valence-corrected chi connectivity index (χ2v) is 11.6. The second-order valence-electron chi connectivity index (χ2n) is 7.27. The number of nitrogens with zero attached hydrogens (tertiary/aromatic N) is 4. The second kappa shape index (κ2) is 9.07. The summed E-state index contributed by atoms with van der Waals surface area (Å²) in [4.78, 5) is 23.0. The predicted octanol–water partition coefficient (Wildman–Crippen LogP) is 1.77. The Hall–Kier alpha value is -3.27. The standard InChI is InChI=1S/C19H19F3N4O7S2/c1-5-35(30,31)13-6-10(33-18(17(27)32-3)34(4,28)29)8-24-15(13)16-25-11-7-14(19(20,21)22)23-9-12(11)26(16)2/h6-9,18H,5H2,1-4H3. The van der Waals surface area contributed by atoms with Crippen molar-refractivity contribution in [3.8, 4) is 17.3 Å². The number of carbonyl (C=O) groups excluding carboxylic acids is 1. The maximum atomic E-state index is 13.0. The van der Waals surface area contributed by atoms with Crippen molar-refractivity contribution in [1.29, 1.82) is 0 Å². The number of methoxy groups -OCH3 is 1. The molecule has 0 radical (unpaired) electrons. The summed E-state index contributed by atoms with van der Waals surface area (Å²) < 4.78 is 99.6. The molecule has 0 bridgehead atoms. The van der Waals surface area contributed by atoms with Crippen molar-refractivity contribution in [2.45, 2.75) is 23.4 Å². The van der Waals surface area contributed by atoms with E-state index in [0.29, 0.717) is 0 Å². The van der Waals surface area contributed by atoms with Crippen molar-refractivity contribution in [3.63, 3.8) is 0 Å². The van der Waals surface area contributed by atoms with Gasteiger partial charge in [-0.1, -0.05) is 6.92 Å². The van der Waals surface area contributed by atoms with Crippen LogP contribution in [0.5, 0.6) is 5.75 Å². The number of alkyl halides is 3. The maximum absolute atomic E-state index is 13.0. The fourth-order valence-electron chi connectivity index (χ4n) is 3.04. The molecule has 190 valence electrons. The van der Waals surface area contributed by atoms with E-state index < -0.39 is 53.6 Å². The number of rotatable bonds is 7. The lowest BCUT2D eigenvalue weighted by molar-refractivity contribution is -0.145. The summed E-state index contributed by atoms with van der Waals surface area (Å²) in [5.41, 5.74) is -3.41. The Morgan fingerprint density at radius 2 is 1.80 bits per heavy atom. The number of pyridine rings is 2. The Kier molecular flexibility index (Phi) is 6.82. The molecule has 3 aromatic heterocycles. The van der Waals surface area contributed by atoms with E-state index in [9.17, 15) is 34.8 Å². The highest BCUT2D eigenvalue weighted by Crippen LogP contribution is 2.33. The number of esters is 1. The van der Waals surface area contributed by atoms with Gasteiger partial charge in [0, 0.05) is 19.4 Å². The summed E-state index contributed by atoms with van der Waals surface area (Å²) in [6, 6.07) is 1.68. The zero-order valence-electron chi connectivity index (χ0n) is 18.7. The molecule has 1 atom stereocenters. The first-order chi connectivity index (χ1) is 16.1. The van der Waals surface area contributed by atoms with Gasteiger partial charge in [-0.25, -0.2) is 36.6 Å². The van der Waals surface area contributed by atoms with E-state index in [0.717, 1.165) is 37.9 Å². The lowest BCUT2D eigenvalue weighted by Crippen LogP contribution is -2.36. The molecule has 0 saturated heterocycles. The summed E-state index contributed by atoms with van der Waals surface area (Å²) in [5.74, 6) is -2.10. The Balaban J connectivity index is 2.20. The average Bonchev–Trinajstić information content (AvgIpc) is 3.11. The molecular formula is C19H19F3N4O7S2. The maximum Gasteiger partial charge on any atom is 0.433 e. The zero-order chi connectivity index (χ0) is 26.3. The van der Waals surface area contributed by atoms with E-state index in [1.165, 1.54) is 18.5 Å². The van der Waals surface area contributed by atoms with E-state index in [-0.39, 0.29) is 28.3 Å². The Morgan fingerprint density at radius 3 is 2.34 bits per heavy atom. The summed E-state index contributed by atoms with van der Waals surface area (Å²) >= 11 is 0. The smallest absolute Gasteiger partial charge is 0.433 e. The molecule has 0 aliphatic rings. The third-order valence-electron chi connectivity index (χ3n) is 4.84. The molecule has 35 heavy (non-hydrogen) atoms. The van der Waals surface area contributed by atoms with Crippen molar-refractivity contribution in [2.24, 2.45) is 7.05 Å². The molecule has 16 heteroatoms. The van der Waals surface area contributed by atoms with Gasteiger partial charge in [-0.15, -0.1) is 0 Å². The number of aromatic nitrogens is 4. The third kappa shape index (κ3) is 5.22. The molecule has 0 amide bonds. The van der Waals surface area contributed by atoms with Gasteiger partial charge in [0.25, 0.3) is 5.44 Å². The number of aryl methyl sites for hydroxylation is 1. The van der Waals surface area contributed by atoms with Gasteiger partial charge in [0.2, 0.25) is 0 Å². The summed E-state index contributed by atoms with van der Waals surface area (Å²) in [6.45, 7) is 1.34. The van der Waals surface area contributed by atoms with Gasteiger partial charge < -0.3 is 14.0 Å². The first-order valence-corrected chi connectivity index (χ1v) is 13.3. The van der Waals surface area contributed by atoms with E-state index in [2.05, 4.69) is 19.7 Å². The van der Waals surface area contributed by atoms with E-state index in [1.807, 2.05) is 0 Å². The van der Waals surface area contributed by atoms with Crippen molar-refractivity contribution in [3.05, 3.63) is 30.2 Å². The monoisotopic (exact) mass is 536 g/mol. The van der Waals surface area contributed by atoms with Crippen LogP contribution in [-0.4, -0.2) is 66.9 Å². The summed E-state index contributed by atoms with van der Waals surface area (Å²) in [6.07, 6.45) is -2.07. The Morgan fingerprint density at radius 1 is 1.14 bits per heavy atom. The lowest BCUT2D eigenvalue weighted by Gasteiger charge is -2.16. The van der Waals surface area contributed by atoms with E-state index >= 15 is 0 Å². The van der Waals surface area contributed by atoms with Crippen LogP contribution in [0.3, 0.4) is 0 Å². The van der Waals surface area contributed by atoms with Crippen molar-refractivity contribution >= 4 is 36.7 Å². The number of fused-ring (bicyclic) bond motifs is 1. The average molecular weight is 537 g/mol. The molecule has 0 aliphatic carbocycles. The van der Waals surface area contributed by atoms with Crippen LogP contribution in [0, 0.1) is 0 Å². The first kappa shape index (κ1) is 26.3. The molecule has 0 aliphatic heterocycles. The largest absolute Gasteiger partial charge is 0.465 e. The zero-order valence-corrected chi connectivity index (χ0v) is 20.3. The molecule has 0 spiro atoms. The summed E-state index contributed by atoms with van der Waals surface area (Å²) in [7, 11) is -5.78. The fourth-order valence-corrected chi connectivity index (χ4v) is 4.81. The minimum absolute atomic E-state index is 0.0904. The van der Waals surface area contributed by atoms with Crippen LogP contribution in [0.2, 0.25) is 0 Å². The van der Waals surface area contributed by atoms with E-state index in [4.69, 9.17) is 4.74 Å². The summed E-state index contributed by atoms with van der Waals surface area (Å²) in [5, 5.41) is 0. The molecule has 11 nitrogen and oxygen atoms in total. The first-order valence-electron chi connectivity index (χ1n) is 9.66. The topological polar surface area (TPSA) is 147 Å². The SMILES string of the molecule is CCS(=O)(=O)c1cc(OC(C(=O)OC)S(C)(=O)=O)cnc1-c1nc2cc(C(F)(F)F)ncc2n1C. The minimum atomic E-state index is -4.71. The molecule has 0 aromatic carbocycles. The number of ether oxygens (including phenoxy) is 2. The fraction of sp³-hybridized carbons (Fsp3) is 0.368. The minimum Gasteiger partial charge on any atom is -0.465 e. The molecule has 1 unspecified atom stereocenters. The molecule has 3 aromatic rings. The van der Waals surface area contributed by atoms with Crippen LogP contribution < -0.4 is 4.74 Å². The Bertz CT molecular complexity index is 1520. The predicted molar refractivity (Wildman–Crippen MR) is 116 cm³/mol. The molecule has 0 saturated carbocycles. The van der Waals surface area contributed by atoms with Crippen molar-refractivity contribution < 1.29 is 44.3 Å². The van der Waals surface area contributed by atoms with Gasteiger partial charge in [-0.3, -0.25) is 0 Å². The van der Waals surface area contributed by atoms with Gasteiger partial charge in [-0.05, 0) is 6.07 Å². The van der Waals surface area contributed by atoms with Crippen LogP contribution in [-0.2, 0) is 42.4 Å². The number of carbonyl (C=O) groups is 1. The number of hydrogen-bond donors (Lipinski definition) is 0. The van der Waals surface area contributed by atoms with Gasteiger partial charge >= 0.3 is 12.1 Å². The molecular weight excluding hydrogens is 517 g/mol. The Labute approximate surface area is 197 Å². The van der Waals surface area contributed by atoms with Gasteiger partial charge in [0.15, 0.2) is 25.5 Å². The normalized spacial score (nSPS) is 13.6. The lowest BCUT2D eigenvalue weighted by atomic mass is 10.3. The molecule has 0 fully saturated rings. The number of hydrogen-bond acceptors (Lipinski definition) is 10. The number of halogens is 3. The quantitative estimate of drug-likeness (QED) is 0.409. The van der Waals surface area contributed by atoms with Crippen LogP contribution in [0.1, 0.15) is 12.6 Å². The van der Waals surface area contributed by atoms with Gasteiger partial charge in [0.05, 0.1) is 36.3 Å². The number of imidazole rings is 1.